The second-order valence-corrected chi connectivity index (χ2v) is 6.64. The largest absolute Gasteiger partial charge is 0.336 e. The highest BCUT2D eigenvalue weighted by Crippen LogP contribution is 2.11. The Hall–Kier alpha value is -1.98. The molecule has 0 spiro atoms. The normalized spacial score (nSPS) is 11.6. The molecule has 1 aliphatic heterocycles. The van der Waals surface area contributed by atoms with E-state index in [1.807, 2.05) is 90.8 Å². The topological polar surface area (TPSA) is 52.7 Å². The minimum Gasteiger partial charge on any atom is -0.336 e. The van der Waals surface area contributed by atoms with Gasteiger partial charge < -0.3 is 15.0 Å². The molecule has 0 saturated carbocycles. The summed E-state index contributed by atoms with van der Waals surface area (Å²) in [6, 6.07) is 7.93. The molecule has 5 nitrogen and oxygen atoms in total. The van der Waals surface area contributed by atoms with E-state index < -0.39 is 0 Å². The molecule has 1 fully saturated rings. The third kappa shape index (κ3) is 21.8. The van der Waals surface area contributed by atoms with Crippen molar-refractivity contribution in [3.63, 3.8) is 0 Å². The minimum absolute atomic E-state index is 0.166. The number of benzene rings is 1. The molecule has 200 valence electrons. The Balaban J connectivity index is -0.000000269. The Morgan fingerprint density at radius 2 is 1.47 bits per heavy atom. The summed E-state index contributed by atoms with van der Waals surface area (Å²) in [7, 11) is 1.92. The molecule has 0 unspecified atom stereocenters. The van der Waals surface area contributed by atoms with Gasteiger partial charge in [-0.2, -0.15) is 0 Å². The van der Waals surface area contributed by atoms with Crippen LogP contribution in [0.4, 0.5) is 0 Å². The summed E-state index contributed by atoms with van der Waals surface area (Å²) >= 11 is 0. The number of nitrogens with zero attached hydrogens (tertiary/aromatic N) is 2. The lowest BCUT2D eigenvalue weighted by atomic mass is 10.1. The van der Waals surface area contributed by atoms with E-state index in [4.69, 9.17) is 0 Å². The Kier molecular flexibility index (Phi) is 38.3. The van der Waals surface area contributed by atoms with E-state index in [-0.39, 0.29) is 5.91 Å². The number of nitrogens with one attached hydrogen (secondary N) is 1. The summed E-state index contributed by atoms with van der Waals surface area (Å²) < 4.78 is 0. The van der Waals surface area contributed by atoms with Crippen LogP contribution in [0.25, 0.3) is 0 Å². The number of hydrogen-bond acceptors (Lipinski definition) is 4. The number of allylic oxidation sites excluding steroid dienone is 1. The fourth-order valence-corrected chi connectivity index (χ4v) is 2.69. The third-order valence-corrected chi connectivity index (χ3v) is 4.21. The molecular formula is C29H57N3O2. The SMILES string of the molecule is C=CCC.CC.CC.CC.CCC=O.CCCN1CCN(C(=O)c2cccc(CNC)c2)CC1. The van der Waals surface area contributed by atoms with Gasteiger partial charge in [-0.3, -0.25) is 9.69 Å². The molecule has 34 heavy (non-hydrogen) atoms. The first-order valence-corrected chi connectivity index (χ1v) is 13.4. The fourth-order valence-electron chi connectivity index (χ4n) is 2.69. The number of piperazine rings is 1. The molecule has 1 aromatic rings. The molecule has 0 aliphatic carbocycles. The van der Waals surface area contributed by atoms with E-state index in [1.54, 1.807) is 0 Å². The summed E-state index contributed by atoms with van der Waals surface area (Å²) in [6.07, 6.45) is 5.65. The molecule has 1 saturated heterocycles. The van der Waals surface area contributed by atoms with Crippen LogP contribution in [-0.4, -0.2) is 61.8 Å². The van der Waals surface area contributed by atoms with Crippen LogP contribution in [0.5, 0.6) is 0 Å². The molecule has 1 aromatic carbocycles. The van der Waals surface area contributed by atoms with Gasteiger partial charge in [-0.25, -0.2) is 0 Å². The first kappa shape index (κ1) is 39.2. The van der Waals surface area contributed by atoms with Crippen molar-refractivity contribution in [2.75, 3.05) is 39.8 Å². The lowest BCUT2D eigenvalue weighted by molar-refractivity contribution is -0.107. The lowest BCUT2D eigenvalue weighted by Crippen LogP contribution is -2.48. The molecule has 1 heterocycles. The van der Waals surface area contributed by atoms with Crippen molar-refractivity contribution in [2.24, 2.45) is 0 Å². The van der Waals surface area contributed by atoms with Crippen molar-refractivity contribution >= 4 is 12.2 Å². The molecule has 0 bridgehead atoms. The zero-order chi connectivity index (χ0) is 27.2. The number of carbonyl (C=O) groups excluding carboxylic acids is 2. The van der Waals surface area contributed by atoms with Crippen LogP contribution in [0.15, 0.2) is 36.9 Å². The second kappa shape index (κ2) is 33.2. The van der Waals surface area contributed by atoms with Crippen LogP contribution in [-0.2, 0) is 11.3 Å². The van der Waals surface area contributed by atoms with Crippen LogP contribution in [0.1, 0.15) is 97.5 Å². The van der Waals surface area contributed by atoms with E-state index >= 15 is 0 Å². The molecule has 0 radical (unpaired) electrons. The van der Waals surface area contributed by atoms with Gasteiger partial charge in [-0.15, -0.1) is 6.58 Å². The predicted molar refractivity (Wildman–Crippen MR) is 153 cm³/mol. The Bertz CT molecular complexity index is 546. The quantitative estimate of drug-likeness (QED) is 0.344. The highest BCUT2D eigenvalue weighted by Gasteiger charge is 2.21. The highest BCUT2D eigenvalue weighted by atomic mass is 16.2. The van der Waals surface area contributed by atoms with E-state index in [0.29, 0.717) is 6.42 Å². The standard InChI is InChI=1S/C16H25N3O.C4H8.C3H6O.3C2H6/c1-3-7-18-8-10-19(11-9-18)16(20)15-6-4-5-14(12-15)13-17-2;1-3-4-2;1-2-3-4;3*1-2/h4-6,12,17H,3,7-11,13H2,1-2H3;3H,1,4H2,2H3;3H,2H2,1H3;3*1-2H3. The number of rotatable bonds is 7. The van der Waals surface area contributed by atoms with Gasteiger partial charge in [0.15, 0.2) is 0 Å². The van der Waals surface area contributed by atoms with E-state index in [9.17, 15) is 9.59 Å². The van der Waals surface area contributed by atoms with Gasteiger partial charge >= 0.3 is 0 Å². The van der Waals surface area contributed by atoms with E-state index in [2.05, 4.69) is 30.6 Å². The molecule has 5 heteroatoms. The zero-order valence-electron chi connectivity index (χ0n) is 24.2. The number of aldehydes is 1. The first-order valence-electron chi connectivity index (χ1n) is 13.4. The molecule has 1 amide bonds. The van der Waals surface area contributed by atoms with Crippen LogP contribution < -0.4 is 5.32 Å². The van der Waals surface area contributed by atoms with Crippen LogP contribution in [0, 0.1) is 0 Å². The number of carbonyl (C=O) groups is 2. The van der Waals surface area contributed by atoms with Gasteiger partial charge in [0.25, 0.3) is 5.91 Å². The zero-order valence-corrected chi connectivity index (χ0v) is 24.2. The number of amides is 1. The summed E-state index contributed by atoms with van der Waals surface area (Å²) in [5.41, 5.74) is 1.96. The summed E-state index contributed by atoms with van der Waals surface area (Å²) in [5.74, 6) is 0.166. The first-order chi connectivity index (χ1) is 16.6. The average molecular weight is 480 g/mol. The molecule has 0 atom stereocenters. The molecule has 1 aliphatic rings. The van der Waals surface area contributed by atoms with E-state index in [1.165, 1.54) is 6.42 Å². The van der Waals surface area contributed by atoms with Crippen LogP contribution >= 0.6 is 0 Å². The van der Waals surface area contributed by atoms with Gasteiger partial charge in [-0.1, -0.05) is 80.5 Å². The van der Waals surface area contributed by atoms with Gasteiger partial charge in [0.1, 0.15) is 6.29 Å². The van der Waals surface area contributed by atoms with Crippen molar-refractivity contribution in [3.05, 3.63) is 48.0 Å². The van der Waals surface area contributed by atoms with Crippen molar-refractivity contribution in [2.45, 2.75) is 88.1 Å². The minimum atomic E-state index is 0.166. The molecular weight excluding hydrogens is 422 g/mol. The van der Waals surface area contributed by atoms with E-state index in [0.717, 1.165) is 63.1 Å². The fraction of sp³-hybridized carbons (Fsp3) is 0.655. The van der Waals surface area contributed by atoms with Crippen LogP contribution in [0.3, 0.4) is 0 Å². The average Bonchev–Trinajstić information content (AvgIpc) is 2.93. The molecule has 1 N–H and O–H groups in total. The summed E-state index contributed by atoms with van der Waals surface area (Å²) in [4.78, 5) is 26.1. The van der Waals surface area contributed by atoms with Crippen molar-refractivity contribution in [3.8, 4) is 0 Å². The highest BCUT2D eigenvalue weighted by molar-refractivity contribution is 5.94. The smallest absolute Gasteiger partial charge is 0.253 e. The molecule has 2 rings (SSSR count). The molecule has 0 aromatic heterocycles. The maximum Gasteiger partial charge on any atom is 0.253 e. The van der Waals surface area contributed by atoms with Gasteiger partial charge in [0.05, 0.1) is 0 Å². The van der Waals surface area contributed by atoms with Gasteiger partial charge in [0.2, 0.25) is 0 Å². The lowest BCUT2D eigenvalue weighted by Gasteiger charge is -2.34. The van der Waals surface area contributed by atoms with Crippen molar-refractivity contribution in [1.29, 1.82) is 0 Å². The van der Waals surface area contributed by atoms with Crippen molar-refractivity contribution in [1.82, 2.24) is 15.1 Å². The second-order valence-electron chi connectivity index (χ2n) is 6.64. The maximum atomic E-state index is 12.5. The Labute approximate surface area is 213 Å². The third-order valence-electron chi connectivity index (χ3n) is 4.21. The maximum absolute atomic E-state index is 12.5. The Morgan fingerprint density at radius 3 is 1.85 bits per heavy atom. The predicted octanol–water partition coefficient (Wildman–Crippen LogP) is 6.83. The van der Waals surface area contributed by atoms with Crippen molar-refractivity contribution < 1.29 is 9.59 Å². The summed E-state index contributed by atoms with van der Waals surface area (Å²) in [5, 5.41) is 3.12. The van der Waals surface area contributed by atoms with Crippen LogP contribution in [0.2, 0.25) is 0 Å². The summed E-state index contributed by atoms with van der Waals surface area (Å²) in [6.45, 7) is 27.2. The van der Waals surface area contributed by atoms with Gasteiger partial charge in [-0.05, 0) is 44.1 Å². The Morgan fingerprint density at radius 1 is 0.971 bits per heavy atom. The monoisotopic (exact) mass is 479 g/mol. The van der Waals surface area contributed by atoms with Gasteiger partial charge in [0, 0.05) is 44.7 Å². The number of hydrogen-bond donors (Lipinski definition) is 1.